The van der Waals surface area contributed by atoms with Gasteiger partial charge in [0.2, 0.25) is 5.91 Å². The Morgan fingerprint density at radius 1 is 1.03 bits per heavy atom. The van der Waals surface area contributed by atoms with Gasteiger partial charge in [-0.25, -0.2) is 4.79 Å². The molecule has 0 atom stereocenters. The molecule has 2 aromatic heterocycles. The van der Waals surface area contributed by atoms with E-state index in [9.17, 15) is 14.4 Å². The molecule has 2 heterocycles. The summed E-state index contributed by atoms with van der Waals surface area (Å²) in [6, 6.07) is 16.0. The number of nitrogens with one attached hydrogen (secondary N) is 1. The molecule has 2 aromatic carbocycles. The van der Waals surface area contributed by atoms with Crippen molar-refractivity contribution in [2.45, 2.75) is 40.2 Å². The van der Waals surface area contributed by atoms with Crippen molar-refractivity contribution < 1.29 is 14.3 Å². The van der Waals surface area contributed by atoms with E-state index in [1.54, 1.807) is 37.4 Å². The molecule has 0 bridgehead atoms. The largest absolute Gasteiger partial charge is 0.462 e. The third kappa shape index (κ3) is 5.01. The second-order valence-electron chi connectivity index (χ2n) is 8.26. The molecule has 0 fully saturated rings. The predicted molar refractivity (Wildman–Crippen MR) is 135 cm³/mol. The van der Waals surface area contributed by atoms with Crippen LogP contribution in [0.1, 0.15) is 41.5 Å². The smallest absolute Gasteiger partial charge is 0.338 e. The minimum Gasteiger partial charge on any atom is -0.462 e. The molecule has 0 aliphatic carbocycles. The molecule has 8 heteroatoms. The van der Waals surface area contributed by atoms with Crippen LogP contribution >= 0.6 is 0 Å². The Bertz CT molecular complexity index is 1440. The Kier molecular flexibility index (Phi) is 7.10. The Hall–Kier alpha value is -4.20. The van der Waals surface area contributed by atoms with Crippen molar-refractivity contribution in [3.8, 4) is 5.69 Å². The van der Waals surface area contributed by atoms with Crippen molar-refractivity contribution in [3.63, 3.8) is 0 Å². The van der Waals surface area contributed by atoms with Crippen LogP contribution in [-0.2, 0) is 16.1 Å². The monoisotopic (exact) mass is 472 g/mol. The number of anilines is 1. The van der Waals surface area contributed by atoms with Crippen molar-refractivity contribution in [1.29, 1.82) is 0 Å². The number of rotatable bonds is 8. The SMILES string of the molecule is CCOC(=O)c1cccc(NC(=O)CCCn2c(C)c3cnn(-c4ccccc4)c(=O)c3c2C)c1. The second-order valence-corrected chi connectivity index (χ2v) is 8.26. The van der Waals surface area contributed by atoms with Crippen LogP contribution in [0, 0.1) is 13.8 Å². The van der Waals surface area contributed by atoms with Gasteiger partial charge in [-0.2, -0.15) is 9.78 Å². The minimum absolute atomic E-state index is 0.147. The van der Waals surface area contributed by atoms with Gasteiger partial charge in [0.25, 0.3) is 5.56 Å². The van der Waals surface area contributed by atoms with E-state index >= 15 is 0 Å². The molecule has 0 spiro atoms. The van der Waals surface area contributed by atoms with E-state index in [1.165, 1.54) is 4.68 Å². The molecule has 8 nitrogen and oxygen atoms in total. The molecule has 180 valence electrons. The molecule has 4 rings (SSSR count). The van der Waals surface area contributed by atoms with Gasteiger partial charge >= 0.3 is 5.97 Å². The zero-order valence-corrected chi connectivity index (χ0v) is 20.1. The van der Waals surface area contributed by atoms with E-state index in [4.69, 9.17) is 4.74 Å². The highest BCUT2D eigenvalue weighted by Crippen LogP contribution is 2.23. The molecule has 0 saturated carbocycles. The maximum absolute atomic E-state index is 13.2. The highest BCUT2D eigenvalue weighted by Gasteiger charge is 2.17. The number of ether oxygens (including phenoxy) is 1. The Morgan fingerprint density at radius 2 is 1.80 bits per heavy atom. The van der Waals surface area contributed by atoms with E-state index < -0.39 is 5.97 Å². The molecule has 0 aliphatic rings. The molecule has 35 heavy (non-hydrogen) atoms. The average molecular weight is 473 g/mol. The number of fused-ring (bicyclic) bond motifs is 1. The minimum atomic E-state index is -0.421. The fourth-order valence-electron chi connectivity index (χ4n) is 4.26. The topological polar surface area (TPSA) is 95.2 Å². The first kappa shape index (κ1) is 23.9. The molecular weight excluding hydrogens is 444 g/mol. The van der Waals surface area contributed by atoms with E-state index in [-0.39, 0.29) is 11.5 Å². The highest BCUT2D eigenvalue weighted by molar-refractivity contribution is 5.94. The van der Waals surface area contributed by atoms with Gasteiger partial charge in [0.05, 0.1) is 29.4 Å². The number of nitrogens with zero attached hydrogens (tertiary/aromatic N) is 3. The summed E-state index contributed by atoms with van der Waals surface area (Å²) in [4.78, 5) is 37.6. The van der Waals surface area contributed by atoms with Crippen molar-refractivity contribution in [1.82, 2.24) is 14.3 Å². The molecule has 0 radical (unpaired) electrons. The molecule has 1 amide bonds. The van der Waals surface area contributed by atoms with Crippen LogP contribution in [0.25, 0.3) is 16.5 Å². The summed E-state index contributed by atoms with van der Waals surface area (Å²) in [5.74, 6) is -0.568. The van der Waals surface area contributed by atoms with Gasteiger partial charge in [-0.3, -0.25) is 9.59 Å². The number of aromatic nitrogens is 3. The number of aryl methyl sites for hydroxylation is 2. The quantitative estimate of drug-likeness (QED) is 0.384. The van der Waals surface area contributed by atoms with E-state index in [0.717, 1.165) is 16.8 Å². The summed E-state index contributed by atoms with van der Waals surface area (Å²) < 4.78 is 8.49. The number of carbonyl (C=O) groups is 2. The first-order valence-electron chi connectivity index (χ1n) is 11.6. The number of para-hydroxylation sites is 1. The van der Waals surface area contributed by atoms with Crippen molar-refractivity contribution in [2.75, 3.05) is 11.9 Å². The molecular formula is C27H28N4O4. The summed E-state index contributed by atoms with van der Waals surface area (Å²) in [5, 5.41) is 8.67. The third-order valence-corrected chi connectivity index (χ3v) is 5.98. The van der Waals surface area contributed by atoms with E-state index in [2.05, 4.69) is 15.0 Å². The fraction of sp³-hybridized carbons (Fsp3) is 0.259. The lowest BCUT2D eigenvalue weighted by molar-refractivity contribution is -0.116. The second kappa shape index (κ2) is 10.4. The van der Waals surface area contributed by atoms with Crippen LogP contribution in [0.4, 0.5) is 5.69 Å². The average Bonchev–Trinajstić information content (AvgIpc) is 3.10. The van der Waals surface area contributed by atoms with Gasteiger partial charge in [0.15, 0.2) is 0 Å². The first-order valence-corrected chi connectivity index (χ1v) is 11.6. The van der Waals surface area contributed by atoms with Crippen LogP contribution in [-0.4, -0.2) is 32.8 Å². The van der Waals surface area contributed by atoms with Crippen LogP contribution in [0.15, 0.2) is 65.6 Å². The number of hydrogen-bond donors (Lipinski definition) is 1. The van der Waals surface area contributed by atoms with Crippen molar-refractivity contribution >= 4 is 28.3 Å². The van der Waals surface area contributed by atoms with Gasteiger partial charge < -0.3 is 14.6 Å². The first-order chi connectivity index (χ1) is 16.9. The van der Waals surface area contributed by atoms with Gasteiger partial charge in [-0.15, -0.1) is 0 Å². The summed E-state index contributed by atoms with van der Waals surface area (Å²) >= 11 is 0. The molecule has 1 N–H and O–H groups in total. The third-order valence-electron chi connectivity index (χ3n) is 5.98. The highest BCUT2D eigenvalue weighted by atomic mass is 16.5. The number of hydrogen-bond acceptors (Lipinski definition) is 5. The van der Waals surface area contributed by atoms with Gasteiger partial charge in [0, 0.05) is 35.4 Å². The summed E-state index contributed by atoms with van der Waals surface area (Å²) in [7, 11) is 0. The fourth-order valence-corrected chi connectivity index (χ4v) is 4.26. The van der Waals surface area contributed by atoms with Gasteiger partial charge in [-0.1, -0.05) is 24.3 Å². The Labute approximate surface area is 203 Å². The normalized spacial score (nSPS) is 10.9. The summed E-state index contributed by atoms with van der Waals surface area (Å²) in [5.41, 5.74) is 3.30. The van der Waals surface area contributed by atoms with E-state index in [1.807, 2.05) is 44.2 Å². The lowest BCUT2D eigenvalue weighted by atomic mass is 10.2. The van der Waals surface area contributed by atoms with Crippen LogP contribution in [0.3, 0.4) is 0 Å². The maximum atomic E-state index is 13.2. The lowest BCUT2D eigenvalue weighted by Gasteiger charge is -2.10. The zero-order valence-electron chi connectivity index (χ0n) is 20.1. The summed E-state index contributed by atoms with van der Waals surface area (Å²) in [6.07, 6.45) is 2.61. The van der Waals surface area contributed by atoms with Gasteiger partial charge in [0.1, 0.15) is 0 Å². The zero-order chi connectivity index (χ0) is 24.9. The van der Waals surface area contributed by atoms with E-state index in [0.29, 0.717) is 48.3 Å². The van der Waals surface area contributed by atoms with Crippen LogP contribution in [0.5, 0.6) is 0 Å². The number of esters is 1. The maximum Gasteiger partial charge on any atom is 0.338 e. The van der Waals surface area contributed by atoms with Crippen molar-refractivity contribution in [3.05, 3.63) is 88.1 Å². The number of benzene rings is 2. The Morgan fingerprint density at radius 3 is 2.54 bits per heavy atom. The molecule has 4 aromatic rings. The van der Waals surface area contributed by atoms with Gasteiger partial charge in [-0.05, 0) is 57.5 Å². The lowest BCUT2D eigenvalue weighted by Crippen LogP contribution is -2.21. The Balaban J connectivity index is 1.46. The number of amides is 1. The van der Waals surface area contributed by atoms with Crippen LogP contribution in [0.2, 0.25) is 0 Å². The molecule has 0 saturated heterocycles. The predicted octanol–water partition coefficient (Wildman–Crippen LogP) is 4.40. The molecule has 0 aliphatic heterocycles. The standard InChI is InChI=1S/C27H28N4O4/c1-4-35-27(34)20-10-8-11-21(16-20)29-24(32)14-9-15-30-18(2)23-17-28-31(22-12-6-5-7-13-22)26(33)25(23)19(30)3/h5-8,10-13,16-17H,4,9,14-15H2,1-3H3,(H,29,32). The molecule has 0 unspecified atom stereocenters. The summed E-state index contributed by atoms with van der Waals surface area (Å²) in [6.45, 7) is 6.51. The number of carbonyl (C=O) groups excluding carboxylic acids is 2. The van der Waals surface area contributed by atoms with Crippen LogP contribution < -0.4 is 10.9 Å². The van der Waals surface area contributed by atoms with Crippen molar-refractivity contribution in [2.24, 2.45) is 0 Å².